The van der Waals surface area contributed by atoms with Gasteiger partial charge < -0.3 is 15.0 Å². The van der Waals surface area contributed by atoms with Crippen molar-refractivity contribution in [2.75, 3.05) is 13.1 Å². The maximum Gasteiger partial charge on any atom is 0.270 e. The number of benzene rings is 2. The average molecular weight is 392 g/mol. The van der Waals surface area contributed by atoms with E-state index in [-0.39, 0.29) is 17.9 Å². The standard InChI is InChI=1S/C24H28N2O3/c1-18(2)29-21-13-11-19(12-14-21)17-22(24(28)26-15-7-4-8-16-26)25-23(27)20-9-5-3-6-10-20/h3,5-6,9-14,17-18H,4,7-8,15-16H2,1-2H3,(H,25,27)/b22-17-. The SMILES string of the molecule is CC(C)Oc1ccc(/C=C(\NC(=O)c2ccccc2)C(=O)N2CCCCC2)cc1. The van der Waals surface area contributed by atoms with Crippen molar-refractivity contribution in [1.29, 1.82) is 0 Å². The molecule has 1 N–H and O–H groups in total. The van der Waals surface area contributed by atoms with Gasteiger partial charge in [0, 0.05) is 18.7 Å². The molecule has 2 amide bonds. The van der Waals surface area contributed by atoms with Crippen molar-refractivity contribution in [2.24, 2.45) is 0 Å². The Morgan fingerprint density at radius 3 is 2.24 bits per heavy atom. The van der Waals surface area contributed by atoms with E-state index in [1.54, 1.807) is 30.3 Å². The molecule has 2 aromatic rings. The van der Waals surface area contributed by atoms with Crippen LogP contribution < -0.4 is 10.1 Å². The van der Waals surface area contributed by atoms with Crippen molar-refractivity contribution in [3.05, 3.63) is 71.4 Å². The zero-order valence-electron chi connectivity index (χ0n) is 17.1. The summed E-state index contributed by atoms with van der Waals surface area (Å²) in [5.74, 6) is 0.341. The monoisotopic (exact) mass is 392 g/mol. The summed E-state index contributed by atoms with van der Waals surface area (Å²) >= 11 is 0. The fraction of sp³-hybridized carbons (Fsp3) is 0.333. The summed E-state index contributed by atoms with van der Waals surface area (Å²) in [6, 6.07) is 16.4. The molecule has 3 rings (SSSR count). The zero-order valence-corrected chi connectivity index (χ0v) is 17.1. The van der Waals surface area contributed by atoms with Crippen LogP contribution in [0, 0.1) is 0 Å². The minimum Gasteiger partial charge on any atom is -0.491 e. The number of likely N-dealkylation sites (tertiary alicyclic amines) is 1. The van der Waals surface area contributed by atoms with Crippen LogP contribution in [0.5, 0.6) is 5.75 Å². The van der Waals surface area contributed by atoms with Crippen LogP contribution in [-0.4, -0.2) is 35.9 Å². The van der Waals surface area contributed by atoms with Crippen LogP contribution in [0.25, 0.3) is 6.08 Å². The van der Waals surface area contributed by atoms with Crippen molar-refractivity contribution < 1.29 is 14.3 Å². The number of nitrogens with one attached hydrogen (secondary N) is 1. The van der Waals surface area contributed by atoms with Crippen molar-refractivity contribution >= 4 is 17.9 Å². The van der Waals surface area contributed by atoms with E-state index in [1.807, 2.05) is 49.1 Å². The molecular formula is C24H28N2O3. The number of amides is 2. The highest BCUT2D eigenvalue weighted by Crippen LogP contribution is 2.18. The van der Waals surface area contributed by atoms with Crippen LogP contribution in [0.1, 0.15) is 49.0 Å². The smallest absolute Gasteiger partial charge is 0.270 e. The Labute approximate surface area is 172 Å². The molecule has 0 bridgehead atoms. The van der Waals surface area contributed by atoms with Gasteiger partial charge in [0.05, 0.1) is 6.10 Å². The van der Waals surface area contributed by atoms with E-state index in [9.17, 15) is 9.59 Å². The van der Waals surface area contributed by atoms with Gasteiger partial charge in [0.15, 0.2) is 0 Å². The topological polar surface area (TPSA) is 58.6 Å². The second-order valence-electron chi connectivity index (χ2n) is 7.47. The van der Waals surface area contributed by atoms with Crippen LogP contribution in [0.3, 0.4) is 0 Å². The van der Waals surface area contributed by atoms with Gasteiger partial charge in [0.2, 0.25) is 0 Å². The average Bonchev–Trinajstić information content (AvgIpc) is 2.75. The molecule has 0 aliphatic carbocycles. The Bertz CT molecular complexity index is 851. The first kappa shape index (κ1) is 20.6. The number of nitrogens with zero attached hydrogens (tertiary/aromatic N) is 1. The molecule has 1 fully saturated rings. The van der Waals surface area contributed by atoms with Crippen molar-refractivity contribution in [2.45, 2.75) is 39.2 Å². The van der Waals surface area contributed by atoms with Crippen LogP contribution in [0.2, 0.25) is 0 Å². The van der Waals surface area contributed by atoms with E-state index < -0.39 is 0 Å². The predicted octanol–water partition coefficient (Wildman–Crippen LogP) is 4.26. The maximum atomic E-state index is 13.1. The van der Waals surface area contributed by atoms with E-state index >= 15 is 0 Å². The Morgan fingerprint density at radius 2 is 1.62 bits per heavy atom. The lowest BCUT2D eigenvalue weighted by molar-refractivity contribution is -0.128. The van der Waals surface area contributed by atoms with E-state index in [0.717, 1.165) is 43.7 Å². The summed E-state index contributed by atoms with van der Waals surface area (Å²) in [6.07, 6.45) is 4.95. The van der Waals surface area contributed by atoms with Crippen molar-refractivity contribution in [3.63, 3.8) is 0 Å². The van der Waals surface area contributed by atoms with E-state index in [0.29, 0.717) is 11.3 Å². The molecule has 29 heavy (non-hydrogen) atoms. The largest absolute Gasteiger partial charge is 0.491 e. The zero-order chi connectivity index (χ0) is 20.6. The molecule has 1 saturated heterocycles. The van der Waals surface area contributed by atoms with Gasteiger partial charge in [0.25, 0.3) is 11.8 Å². The van der Waals surface area contributed by atoms with Gasteiger partial charge in [-0.1, -0.05) is 30.3 Å². The molecule has 0 radical (unpaired) electrons. The van der Waals surface area contributed by atoms with Gasteiger partial charge >= 0.3 is 0 Å². The molecule has 5 heteroatoms. The Kier molecular flexibility index (Phi) is 7.06. The molecule has 152 valence electrons. The maximum absolute atomic E-state index is 13.1. The molecule has 0 aromatic heterocycles. The summed E-state index contributed by atoms with van der Waals surface area (Å²) in [6.45, 7) is 5.39. The number of piperidine rings is 1. The number of rotatable bonds is 6. The van der Waals surface area contributed by atoms with Gasteiger partial charge in [-0.25, -0.2) is 0 Å². The number of carbonyl (C=O) groups excluding carboxylic acids is 2. The van der Waals surface area contributed by atoms with Crippen LogP contribution in [-0.2, 0) is 4.79 Å². The Hall–Kier alpha value is -3.08. The normalized spacial score (nSPS) is 14.6. The first-order valence-corrected chi connectivity index (χ1v) is 10.2. The highest BCUT2D eigenvalue weighted by Gasteiger charge is 2.22. The highest BCUT2D eigenvalue weighted by atomic mass is 16.5. The fourth-order valence-electron chi connectivity index (χ4n) is 3.28. The van der Waals surface area contributed by atoms with E-state index in [4.69, 9.17) is 4.74 Å². The lowest BCUT2D eigenvalue weighted by atomic mass is 10.1. The molecule has 0 saturated carbocycles. The quantitative estimate of drug-likeness (QED) is 0.748. The van der Waals surface area contributed by atoms with Crippen molar-refractivity contribution in [1.82, 2.24) is 10.2 Å². The van der Waals surface area contributed by atoms with Gasteiger partial charge in [-0.05, 0) is 69.0 Å². The lowest BCUT2D eigenvalue weighted by Crippen LogP contribution is -2.41. The fourth-order valence-corrected chi connectivity index (χ4v) is 3.28. The molecule has 0 spiro atoms. The minimum atomic E-state index is -0.290. The van der Waals surface area contributed by atoms with Gasteiger partial charge in [-0.2, -0.15) is 0 Å². The second-order valence-corrected chi connectivity index (χ2v) is 7.47. The third kappa shape index (κ3) is 5.95. The first-order chi connectivity index (χ1) is 14.0. The number of hydrogen-bond donors (Lipinski definition) is 1. The second kappa shape index (κ2) is 9.92. The van der Waals surface area contributed by atoms with Gasteiger partial charge in [0.1, 0.15) is 11.4 Å². The number of ether oxygens (including phenoxy) is 1. The van der Waals surface area contributed by atoms with Crippen LogP contribution in [0.4, 0.5) is 0 Å². The lowest BCUT2D eigenvalue weighted by Gasteiger charge is -2.27. The summed E-state index contributed by atoms with van der Waals surface area (Å²) in [5.41, 5.74) is 1.64. The van der Waals surface area contributed by atoms with E-state index in [2.05, 4.69) is 5.32 Å². The molecule has 0 atom stereocenters. The van der Waals surface area contributed by atoms with E-state index in [1.165, 1.54) is 0 Å². The van der Waals surface area contributed by atoms with Gasteiger partial charge in [-0.15, -0.1) is 0 Å². The number of carbonyl (C=O) groups is 2. The van der Waals surface area contributed by atoms with Crippen molar-refractivity contribution in [3.8, 4) is 5.75 Å². The summed E-state index contributed by atoms with van der Waals surface area (Å²) in [4.78, 5) is 27.6. The highest BCUT2D eigenvalue weighted by molar-refractivity contribution is 6.05. The summed E-state index contributed by atoms with van der Waals surface area (Å²) < 4.78 is 5.67. The third-order valence-corrected chi connectivity index (χ3v) is 4.72. The third-order valence-electron chi connectivity index (χ3n) is 4.72. The number of hydrogen-bond acceptors (Lipinski definition) is 3. The van der Waals surface area contributed by atoms with Crippen LogP contribution in [0.15, 0.2) is 60.3 Å². The molecule has 1 heterocycles. The molecule has 1 aliphatic rings. The van der Waals surface area contributed by atoms with Crippen LogP contribution >= 0.6 is 0 Å². The Morgan fingerprint density at radius 1 is 0.966 bits per heavy atom. The minimum absolute atomic E-state index is 0.0952. The molecule has 1 aliphatic heterocycles. The summed E-state index contributed by atoms with van der Waals surface area (Å²) in [7, 11) is 0. The first-order valence-electron chi connectivity index (χ1n) is 10.2. The molecule has 5 nitrogen and oxygen atoms in total. The van der Waals surface area contributed by atoms with Gasteiger partial charge in [-0.3, -0.25) is 9.59 Å². The molecule has 2 aromatic carbocycles. The molecule has 0 unspecified atom stereocenters. The molecular weight excluding hydrogens is 364 g/mol. The predicted molar refractivity (Wildman–Crippen MR) is 115 cm³/mol. The Balaban J connectivity index is 1.84. The summed E-state index contributed by atoms with van der Waals surface area (Å²) in [5, 5.41) is 2.83.